The molecular formula is C43H65N4O10+. The van der Waals surface area contributed by atoms with Crippen molar-refractivity contribution in [1.29, 1.82) is 0 Å². The highest BCUT2D eigenvalue weighted by Crippen LogP contribution is 2.28. The van der Waals surface area contributed by atoms with E-state index in [0.29, 0.717) is 123 Å². The summed E-state index contributed by atoms with van der Waals surface area (Å²) in [5.41, 5.74) is 3.08. The summed E-state index contributed by atoms with van der Waals surface area (Å²) in [6, 6.07) is 17.8. The fourth-order valence-corrected chi connectivity index (χ4v) is 5.60. The summed E-state index contributed by atoms with van der Waals surface area (Å²) in [6.45, 7) is 12.4. The lowest BCUT2D eigenvalue weighted by Gasteiger charge is -2.29. The Morgan fingerprint density at radius 3 is 1.88 bits per heavy atom. The maximum Gasteiger partial charge on any atom is 0.170 e. The first kappa shape index (κ1) is 47.7. The number of likely N-dealkylation sites (N-methyl/N-ethyl adjacent to an activating group) is 1. The van der Waals surface area contributed by atoms with Gasteiger partial charge in [-0.15, -0.1) is 0 Å². The number of rotatable bonds is 34. The van der Waals surface area contributed by atoms with E-state index in [4.69, 9.17) is 42.9 Å². The second kappa shape index (κ2) is 30.4. The van der Waals surface area contributed by atoms with Gasteiger partial charge in [-0.2, -0.15) is 0 Å². The van der Waals surface area contributed by atoms with Crippen LogP contribution < -0.4 is 4.74 Å². The average molecular weight is 798 g/mol. The van der Waals surface area contributed by atoms with Gasteiger partial charge in [0.05, 0.1) is 130 Å². The van der Waals surface area contributed by atoms with Crippen LogP contribution in [0.2, 0.25) is 0 Å². The Kier molecular flexibility index (Phi) is 25.4. The largest absolute Gasteiger partial charge is 0.485 e. The third kappa shape index (κ3) is 22.7. The third-order valence-corrected chi connectivity index (χ3v) is 8.74. The fourth-order valence-electron chi connectivity index (χ4n) is 5.60. The van der Waals surface area contributed by atoms with Crippen molar-refractivity contribution < 1.29 is 52.0 Å². The van der Waals surface area contributed by atoms with Gasteiger partial charge in [-0.1, -0.05) is 30.3 Å². The number of benzene rings is 2. The first-order chi connectivity index (χ1) is 27.9. The molecule has 0 unspecified atom stereocenters. The van der Waals surface area contributed by atoms with Crippen LogP contribution in [-0.4, -0.2) is 167 Å². The van der Waals surface area contributed by atoms with E-state index in [-0.39, 0.29) is 24.6 Å². The van der Waals surface area contributed by atoms with Crippen LogP contribution >= 0.6 is 0 Å². The number of para-hydroxylation sites is 2. The van der Waals surface area contributed by atoms with E-state index in [2.05, 4.69) is 30.1 Å². The second-order valence-electron chi connectivity index (χ2n) is 14.0. The molecule has 2 aromatic carbocycles. The molecule has 1 heterocycles. The van der Waals surface area contributed by atoms with Crippen molar-refractivity contribution in [2.45, 2.75) is 39.0 Å². The maximum atomic E-state index is 12.6. The molecule has 0 saturated heterocycles. The zero-order valence-electron chi connectivity index (χ0n) is 34.5. The number of hydrogen-bond acceptors (Lipinski definition) is 13. The first-order valence-electron chi connectivity index (χ1n) is 20.2. The molecule has 0 saturated carbocycles. The highest BCUT2D eigenvalue weighted by molar-refractivity contribution is 6.14. The first-order valence-corrected chi connectivity index (χ1v) is 20.2. The Labute approximate surface area is 339 Å². The summed E-state index contributed by atoms with van der Waals surface area (Å²) in [4.78, 5) is 38.0. The highest BCUT2D eigenvalue weighted by Gasteiger charge is 2.20. The number of nitrogens with zero attached hydrogens (tertiary/aromatic N) is 4. The number of ether oxygens (including phenoxy) is 8. The molecule has 0 atom stereocenters. The van der Waals surface area contributed by atoms with E-state index in [1.54, 1.807) is 6.07 Å². The minimum Gasteiger partial charge on any atom is -0.485 e. The van der Waals surface area contributed by atoms with Crippen molar-refractivity contribution >= 4 is 29.0 Å². The van der Waals surface area contributed by atoms with Crippen LogP contribution in [0.1, 0.15) is 43.7 Å². The van der Waals surface area contributed by atoms with Gasteiger partial charge >= 0.3 is 0 Å². The molecule has 57 heavy (non-hydrogen) atoms. The zero-order chi connectivity index (χ0) is 40.7. The van der Waals surface area contributed by atoms with Crippen molar-refractivity contribution in [1.82, 2.24) is 0 Å². The van der Waals surface area contributed by atoms with Crippen LogP contribution in [-0.2, 0) is 49.2 Å². The minimum absolute atomic E-state index is 0.0250. The molecule has 0 aromatic heterocycles. The summed E-state index contributed by atoms with van der Waals surface area (Å²) in [5, 5.41) is 0. The molecule has 1 aliphatic heterocycles. The van der Waals surface area contributed by atoms with Crippen molar-refractivity contribution in [3.05, 3.63) is 59.7 Å². The summed E-state index contributed by atoms with van der Waals surface area (Å²) in [7, 11) is 4.40. The molecule has 0 amide bonds. The molecule has 0 radical (unpaired) electrons. The smallest absolute Gasteiger partial charge is 0.170 e. The number of carbonyl (C=O) groups excluding carboxylic acids is 2. The van der Waals surface area contributed by atoms with Crippen LogP contribution in [0.5, 0.6) is 5.75 Å². The van der Waals surface area contributed by atoms with E-state index in [0.717, 1.165) is 53.9 Å². The lowest BCUT2D eigenvalue weighted by molar-refractivity contribution is -0.890. The van der Waals surface area contributed by atoms with E-state index in [1.807, 2.05) is 49.4 Å². The topological polar surface area (TPSA) is 145 Å². The molecule has 0 N–H and O–H groups in total. The van der Waals surface area contributed by atoms with Gasteiger partial charge in [0.1, 0.15) is 24.7 Å². The molecule has 1 aliphatic rings. The predicted molar refractivity (Wildman–Crippen MR) is 220 cm³/mol. The van der Waals surface area contributed by atoms with Gasteiger partial charge in [-0.25, -0.2) is 9.98 Å². The predicted octanol–water partition coefficient (Wildman–Crippen LogP) is 4.83. The molecule has 0 spiro atoms. The van der Waals surface area contributed by atoms with E-state index in [1.165, 1.54) is 0 Å². The number of carbonyl (C=O) groups is 2. The number of fused-ring (bicyclic) bond motifs is 1. The minimum atomic E-state index is -0.0585. The standard InChI is InChI=1S/C43H65N4O10/c1-4-44-36-45-16-10-17-47(2,3)18-20-51-22-24-53-26-28-55-30-32-56-31-29-54-27-25-52-23-21-50-19-9-12-38(48)35-57-43-15-8-6-13-40(43)42-34-39(49)33-37-11-5-7-14-41(37)46-42/h5-8,11,13-15H,4,9-10,12,16-35H2,1-3H3/q+1. The Balaban J connectivity index is 1.05. The third-order valence-electron chi connectivity index (χ3n) is 8.74. The molecule has 0 aliphatic carbocycles. The van der Waals surface area contributed by atoms with Gasteiger partial charge in [0.15, 0.2) is 5.78 Å². The lowest BCUT2D eigenvalue weighted by atomic mass is 10.0. The van der Waals surface area contributed by atoms with Gasteiger partial charge < -0.3 is 42.4 Å². The number of hydrogen-bond donors (Lipinski definition) is 0. The molecule has 0 fully saturated rings. The van der Waals surface area contributed by atoms with Crippen molar-refractivity contribution in [3.63, 3.8) is 0 Å². The van der Waals surface area contributed by atoms with Crippen molar-refractivity contribution in [2.75, 3.05) is 139 Å². The Bertz CT molecular complexity index is 1510. The molecule has 316 valence electrons. The SMILES string of the molecule is CCN=C=NCCC[N+](C)(C)CCOCCOCCOCCOCCOCCOCCOCCCC(=O)COc1ccccc1C1=Nc2ccccc2CC(=O)C1. The molecule has 14 heteroatoms. The lowest BCUT2D eigenvalue weighted by Crippen LogP contribution is -2.43. The summed E-state index contributed by atoms with van der Waals surface area (Å²) >= 11 is 0. The number of Topliss-reactive ketones (excluding diaryl/α,β-unsaturated/α-hetero) is 2. The summed E-state index contributed by atoms with van der Waals surface area (Å²) in [5.74, 6) is 0.612. The average Bonchev–Trinajstić information content (AvgIpc) is 3.38. The Hall–Kier alpha value is -3.69. The molecule has 14 nitrogen and oxygen atoms in total. The van der Waals surface area contributed by atoms with E-state index < -0.39 is 0 Å². The number of quaternary nitrogens is 1. The van der Waals surface area contributed by atoms with Gasteiger partial charge in [-0.3, -0.25) is 14.6 Å². The van der Waals surface area contributed by atoms with Crippen LogP contribution in [0.15, 0.2) is 63.5 Å². The maximum absolute atomic E-state index is 12.6. The van der Waals surface area contributed by atoms with Gasteiger partial charge in [0, 0.05) is 44.4 Å². The number of ketones is 2. The van der Waals surface area contributed by atoms with Crippen molar-refractivity contribution in [3.8, 4) is 5.75 Å². The van der Waals surface area contributed by atoms with Crippen LogP contribution in [0, 0.1) is 0 Å². The summed E-state index contributed by atoms with van der Waals surface area (Å²) in [6.07, 6.45) is 2.50. The zero-order valence-corrected chi connectivity index (χ0v) is 34.5. The van der Waals surface area contributed by atoms with E-state index >= 15 is 0 Å². The molecule has 0 bridgehead atoms. The van der Waals surface area contributed by atoms with Crippen LogP contribution in [0.4, 0.5) is 5.69 Å². The Morgan fingerprint density at radius 2 is 1.25 bits per heavy atom. The van der Waals surface area contributed by atoms with Gasteiger partial charge in [0.2, 0.25) is 0 Å². The summed E-state index contributed by atoms with van der Waals surface area (Å²) < 4.78 is 45.8. The van der Waals surface area contributed by atoms with Crippen molar-refractivity contribution in [2.24, 2.45) is 15.0 Å². The van der Waals surface area contributed by atoms with Gasteiger partial charge in [-0.05, 0) is 37.1 Å². The second-order valence-corrected chi connectivity index (χ2v) is 14.0. The van der Waals surface area contributed by atoms with Gasteiger partial charge in [0.25, 0.3) is 0 Å². The molecule has 2 aromatic rings. The highest BCUT2D eigenvalue weighted by atomic mass is 16.6. The Morgan fingerprint density at radius 1 is 0.684 bits per heavy atom. The monoisotopic (exact) mass is 797 g/mol. The van der Waals surface area contributed by atoms with E-state index in [9.17, 15) is 9.59 Å². The van der Waals surface area contributed by atoms with Crippen LogP contribution in [0.3, 0.4) is 0 Å². The van der Waals surface area contributed by atoms with Crippen LogP contribution in [0.25, 0.3) is 0 Å². The quantitative estimate of drug-likeness (QED) is 0.0549. The molecule has 3 rings (SSSR count). The fraction of sp³-hybridized carbons (Fsp3) is 0.628. The number of aliphatic imine (C=N–C) groups is 3. The molecular weight excluding hydrogens is 732 g/mol. The normalized spacial score (nSPS) is 12.8.